The van der Waals surface area contributed by atoms with Crippen LogP contribution in [-0.4, -0.2) is 27.9 Å². The van der Waals surface area contributed by atoms with Gasteiger partial charge in [-0.2, -0.15) is 17.6 Å². The van der Waals surface area contributed by atoms with E-state index < -0.39 is 48.1 Å². The van der Waals surface area contributed by atoms with Gasteiger partial charge in [-0.1, -0.05) is 30.3 Å². The molecule has 3 rings (SSSR count). The Morgan fingerprint density at radius 3 is 2.63 bits per heavy atom. The van der Waals surface area contributed by atoms with E-state index in [9.17, 15) is 27.2 Å². The summed E-state index contributed by atoms with van der Waals surface area (Å²) < 4.78 is 65.4. The monoisotopic (exact) mass is 388 g/mol. The Morgan fingerprint density at radius 1 is 1.26 bits per heavy atom. The van der Waals surface area contributed by atoms with Crippen LogP contribution in [0.1, 0.15) is 24.6 Å². The maximum Gasteiger partial charge on any atom is 0.419 e. The topological polar surface area (TPSA) is 73.3 Å². The molecule has 1 aliphatic rings. The summed E-state index contributed by atoms with van der Waals surface area (Å²) in [7, 11) is 0. The Labute approximate surface area is 150 Å². The highest BCUT2D eigenvalue weighted by Gasteiger charge is 2.60. The molecule has 1 fully saturated rings. The molecule has 0 bridgehead atoms. The molecule has 0 saturated carbocycles. The van der Waals surface area contributed by atoms with Crippen LogP contribution in [0, 0.1) is 5.82 Å². The lowest BCUT2D eigenvalue weighted by atomic mass is 10.0. The summed E-state index contributed by atoms with van der Waals surface area (Å²) in [5, 5.41) is 0. The number of hydrogen-bond donors (Lipinski definition) is 1. The first-order chi connectivity index (χ1) is 12.7. The molecule has 2 heterocycles. The van der Waals surface area contributed by atoms with E-state index >= 15 is 0 Å². The standard InChI is InChI=1S/C17H16F4N2O4/c18-12-8-23(15(25)22-14(12)24)13-6-7-16(27-13,17(19,20)21)10-26-9-11-4-2-1-3-5-11/h1-5,8,13H,6-7,9-10H2,(H,22,24,25)/t13-,16+/m1/s1. The van der Waals surface area contributed by atoms with Crippen LogP contribution in [0.4, 0.5) is 17.6 Å². The molecule has 1 aromatic heterocycles. The summed E-state index contributed by atoms with van der Waals surface area (Å²) in [5.74, 6) is -1.29. The number of H-pyrrole nitrogens is 1. The number of rotatable bonds is 5. The molecule has 146 valence electrons. The van der Waals surface area contributed by atoms with Gasteiger partial charge in [-0.05, 0) is 18.4 Å². The molecule has 6 nitrogen and oxygen atoms in total. The van der Waals surface area contributed by atoms with Crippen molar-refractivity contribution in [2.75, 3.05) is 6.61 Å². The van der Waals surface area contributed by atoms with Crippen LogP contribution in [0.5, 0.6) is 0 Å². The van der Waals surface area contributed by atoms with Gasteiger partial charge < -0.3 is 9.47 Å². The number of aromatic amines is 1. The Kier molecular flexibility index (Phi) is 5.20. The molecule has 1 N–H and O–H groups in total. The fourth-order valence-electron chi connectivity index (χ4n) is 2.91. The number of ether oxygens (including phenoxy) is 2. The lowest BCUT2D eigenvalue weighted by molar-refractivity contribution is -0.293. The molecule has 0 spiro atoms. The molecule has 0 radical (unpaired) electrons. The van der Waals surface area contributed by atoms with Gasteiger partial charge in [-0.3, -0.25) is 14.3 Å². The van der Waals surface area contributed by atoms with Crippen molar-refractivity contribution in [3.8, 4) is 0 Å². The number of nitrogens with one attached hydrogen (secondary N) is 1. The molecule has 0 unspecified atom stereocenters. The molecule has 27 heavy (non-hydrogen) atoms. The lowest BCUT2D eigenvalue weighted by Gasteiger charge is -2.31. The average Bonchev–Trinajstić information content (AvgIpc) is 3.04. The third kappa shape index (κ3) is 3.96. The van der Waals surface area contributed by atoms with Crippen molar-refractivity contribution in [1.82, 2.24) is 9.55 Å². The first-order valence-corrected chi connectivity index (χ1v) is 8.09. The first kappa shape index (κ1) is 19.3. The minimum Gasteiger partial charge on any atom is -0.373 e. The fourth-order valence-corrected chi connectivity index (χ4v) is 2.91. The number of nitrogens with zero attached hydrogens (tertiary/aromatic N) is 1. The van der Waals surface area contributed by atoms with Crippen molar-refractivity contribution in [1.29, 1.82) is 0 Å². The molecule has 1 aromatic carbocycles. The minimum atomic E-state index is -4.76. The van der Waals surface area contributed by atoms with Gasteiger partial charge in [-0.25, -0.2) is 4.79 Å². The van der Waals surface area contributed by atoms with Crippen LogP contribution < -0.4 is 11.2 Å². The third-order valence-electron chi connectivity index (χ3n) is 4.35. The maximum absolute atomic E-state index is 13.7. The Balaban J connectivity index is 1.78. The average molecular weight is 388 g/mol. The van der Waals surface area contributed by atoms with E-state index in [0.29, 0.717) is 16.3 Å². The Bertz CT molecular complexity index is 910. The van der Waals surface area contributed by atoms with E-state index in [0.717, 1.165) is 0 Å². The quantitative estimate of drug-likeness (QED) is 0.799. The van der Waals surface area contributed by atoms with Crippen LogP contribution in [0.25, 0.3) is 0 Å². The molecular weight excluding hydrogens is 372 g/mol. The number of hydrogen-bond acceptors (Lipinski definition) is 4. The van der Waals surface area contributed by atoms with Gasteiger partial charge >= 0.3 is 11.9 Å². The number of alkyl halides is 3. The van der Waals surface area contributed by atoms with E-state index in [1.165, 1.54) is 0 Å². The normalized spacial score (nSPS) is 22.9. The molecule has 10 heteroatoms. The van der Waals surface area contributed by atoms with Crippen LogP contribution in [0.15, 0.2) is 46.1 Å². The second-order valence-electron chi connectivity index (χ2n) is 6.23. The number of halogens is 4. The number of aromatic nitrogens is 2. The van der Waals surface area contributed by atoms with Crippen LogP contribution >= 0.6 is 0 Å². The van der Waals surface area contributed by atoms with Gasteiger partial charge in [0.05, 0.1) is 19.4 Å². The zero-order valence-corrected chi connectivity index (χ0v) is 14.0. The van der Waals surface area contributed by atoms with Crippen LogP contribution in [-0.2, 0) is 16.1 Å². The largest absolute Gasteiger partial charge is 0.419 e. The zero-order valence-electron chi connectivity index (χ0n) is 14.0. The summed E-state index contributed by atoms with van der Waals surface area (Å²) >= 11 is 0. The Morgan fingerprint density at radius 2 is 1.96 bits per heavy atom. The van der Waals surface area contributed by atoms with Crippen molar-refractivity contribution in [2.24, 2.45) is 0 Å². The fraction of sp³-hybridized carbons (Fsp3) is 0.412. The molecule has 0 aliphatic carbocycles. The van der Waals surface area contributed by atoms with Crippen molar-refractivity contribution in [3.63, 3.8) is 0 Å². The zero-order chi connectivity index (χ0) is 19.7. The second-order valence-corrected chi connectivity index (χ2v) is 6.23. The summed E-state index contributed by atoms with van der Waals surface area (Å²) in [6.45, 7) is -0.817. The molecule has 1 aliphatic heterocycles. The van der Waals surface area contributed by atoms with Crippen LogP contribution in [0.3, 0.4) is 0 Å². The Hall–Kier alpha value is -2.46. The van der Waals surface area contributed by atoms with Crippen molar-refractivity contribution in [3.05, 3.63) is 68.7 Å². The molecule has 0 amide bonds. The van der Waals surface area contributed by atoms with Gasteiger partial charge in [0.1, 0.15) is 6.23 Å². The number of benzene rings is 1. The summed E-state index contributed by atoms with van der Waals surface area (Å²) in [5.41, 5.74) is -4.22. The molecule has 2 aromatic rings. The highest BCUT2D eigenvalue weighted by atomic mass is 19.4. The highest BCUT2D eigenvalue weighted by Crippen LogP contribution is 2.46. The van der Waals surface area contributed by atoms with Crippen LogP contribution in [0.2, 0.25) is 0 Å². The third-order valence-corrected chi connectivity index (χ3v) is 4.35. The van der Waals surface area contributed by atoms with Crippen molar-refractivity contribution < 1.29 is 27.0 Å². The lowest BCUT2D eigenvalue weighted by Crippen LogP contribution is -2.49. The van der Waals surface area contributed by atoms with E-state index in [-0.39, 0.29) is 13.0 Å². The summed E-state index contributed by atoms with van der Waals surface area (Å²) in [6, 6.07) is 8.66. The van der Waals surface area contributed by atoms with Crippen molar-refractivity contribution >= 4 is 0 Å². The van der Waals surface area contributed by atoms with Crippen molar-refractivity contribution in [2.45, 2.75) is 37.5 Å². The van der Waals surface area contributed by atoms with E-state index in [1.54, 1.807) is 35.3 Å². The van der Waals surface area contributed by atoms with Gasteiger partial charge in [0.15, 0.2) is 5.60 Å². The van der Waals surface area contributed by atoms with Gasteiger partial charge in [0.25, 0.3) is 5.56 Å². The SMILES string of the molecule is O=c1[nH]c(=O)n([C@H]2CC[C@](COCc3ccccc3)(C(F)(F)F)O2)cc1F. The maximum atomic E-state index is 13.7. The second kappa shape index (κ2) is 7.28. The predicted octanol–water partition coefficient (Wildman–Crippen LogP) is 2.50. The summed E-state index contributed by atoms with van der Waals surface area (Å²) in [6.07, 6.45) is -6.25. The minimum absolute atomic E-state index is 0.0417. The smallest absolute Gasteiger partial charge is 0.373 e. The molecule has 2 atom stereocenters. The van der Waals surface area contributed by atoms with Gasteiger partial charge in [0.2, 0.25) is 5.82 Å². The molecular formula is C17H16F4N2O4. The highest BCUT2D eigenvalue weighted by molar-refractivity contribution is 5.13. The summed E-state index contributed by atoms with van der Waals surface area (Å²) in [4.78, 5) is 24.6. The first-order valence-electron chi connectivity index (χ1n) is 8.09. The predicted molar refractivity (Wildman–Crippen MR) is 85.5 cm³/mol. The van der Waals surface area contributed by atoms with Gasteiger partial charge in [-0.15, -0.1) is 0 Å². The van der Waals surface area contributed by atoms with E-state index in [4.69, 9.17) is 9.47 Å². The molecule has 1 saturated heterocycles. The van der Waals surface area contributed by atoms with E-state index in [1.807, 2.05) is 0 Å². The van der Waals surface area contributed by atoms with Gasteiger partial charge in [0, 0.05) is 0 Å². The van der Waals surface area contributed by atoms with E-state index in [2.05, 4.69) is 0 Å².